The molecule has 3 rings (SSSR count). The van der Waals surface area contributed by atoms with Crippen molar-refractivity contribution in [3.05, 3.63) is 18.1 Å². The van der Waals surface area contributed by atoms with Gasteiger partial charge in [-0.05, 0) is 31.7 Å². The Morgan fingerprint density at radius 2 is 2.26 bits per heavy atom. The summed E-state index contributed by atoms with van der Waals surface area (Å²) >= 11 is 0. The maximum atomic E-state index is 8.83. The summed E-state index contributed by atoms with van der Waals surface area (Å²) in [5, 5.41) is 8.83. The van der Waals surface area contributed by atoms with Crippen LogP contribution >= 0.6 is 0 Å². The second-order valence-corrected chi connectivity index (χ2v) is 5.35. The van der Waals surface area contributed by atoms with Gasteiger partial charge >= 0.3 is 0 Å². The van der Waals surface area contributed by atoms with Gasteiger partial charge in [-0.2, -0.15) is 0 Å². The molecule has 1 aromatic heterocycles. The minimum atomic E-state index is 0.0931. The smallest absolute Gasteiger partial charge is 0.133 e. The second-order valence-electron chi connectivity index (χ2n) is 5.35. The van der Waals surface area contributed by atoms with Crippen molar-refractivity contribution in [3.8, 4) is 0 Å². The average molecular weight is 263 g/mol. The van der Waals surface area contributed by atoms with Gasteiger partial charge in [0.05, 0.1) is 19.3 Å². The van der Waals surface area contributed by atoms with Crippen LogP contribution in [0.3, 0.4) is 0 Å². The Kier molecular flexibility index (Phi) is 3.94. The van der Waals surface area contributed by atoms with Gasteiger partial charge in [0.1, 0.15) is 11.6 Å². The molecule has 2 heterocycles. The van der Waals surface area contributed by atoms with E-state index in [2.05, 4.69) is 14.9 Å². The molecule has 0 radical (unpaired) electrons. The Morgan fingerprint density at radius 3 is 3.05 bits per heavy atom. The van der Waals surface area contributed by atoms with Gasteiger partial charge in [-0.25, -0.2) is 9.97 Å². The van der Waals surface area contributed by atoms with Gasteiger partial charge in [0.25, 0.3) is 0 Å². The number of anilines is 1. The number of aliphatic hydroxyl groups is 1. The first-order valence-corrected chi connectivity index (χ1v) is 7.17. The number of rotatable bonds is 5. The molecule has 5 nitrogen and oxygen atoms in total. The summed E-state index contributed by atoms with van der Waals surface area (Å²) in [6.07, 6.45) is 6.71. The van der Waals surface area contributed by atoms with Crippen LogP contribution in [-0.2, 0) is 4.74 Å². The summed E-state index contributed by atoms with van der Waals surface area (Å²) < 4.78 is 5.64. The first kappa shape index (κ1) is 12.8. The molecule has 2 aliphatic rings. The van der Waals surface area contributed by atoms with E-state index >= 15 is 0 Å². The zero-order valence-electron chi connectivity index (χ0n) is 11.2. The third-order valence-corrected chi connectivity index (χ3v) is 3.75. The van der Waals surface area contributed by atoms with Crippen molar-refractivity contribution in [2.24, 2.45) is 0 Å². The maximum absolute atomic E-state index is 8.83. The van der Waals surface area contributed by atoms with Crippen LogP contribution < -0.4 is 4.90 Å². The number of aliphatic hydroxyl groups excluding tert-OH is 1. The molecule has 2 fully saturated rings. The van der Waals surface area contributed by atoms with Gasteiger partial charge in [-0.1, -0.05) is 0 Å². The molecule has 19 heavy (non-hydrogen) atoms. The van der Waals surface area contributed by atoms with E-state index in [0.717, 1.165) is 37.6 Å². The third-order valence-electron chi connectivity index (χ3n) is 3.75. The van der Waals surface area contributed by atoms with E-state index in [1.807, 2.05) is 12.3 Å². The highest BCUT2D eigenvalue weighted by molar-refractivity contribution is 5.38. The average Bonchev–Trinajstić information content (AvgIpc) is 3.30. The Morgan fingerprint density at radius 1 is 1.37 bits per heavy atom. The third kappa shape index (κ3) is 3.22. The standard InChI is InChI=1S/C14H21N3O2/c18-8-9-19-12-2-1-7-17(10-12)13-5-6-15-14(16-13)11-3-4-11/h5-6,11-12,18H,1-4,7-10H2. The summed E-state index contributed by atoms with van der Waals surface area (Å²) in [6, 6.07) is 1.99. The van der Waals surface area contributed by atoms with Crippen LogP contribution in [0.2, 0.25) is 0 Å². The molecule has 1 aliphatic heterocycles. The van der Waals surface area contributed by atoms with E-state index in [0.29, 0.717) is 12.5 Å². The number of aromatic nitrogens is 2. The summed E-state index contributed by atoms with van der Waals surface area (Å²) in [6.45, 7) is 2.41. The number of hydrogen-bond acceptors (Lipinski definition) is 5. The van der Waals surface area contributed by atoms with E-state index in [4.69, 9.17) is 9.84 Å². The fourth-order valence-electron chi connectivity index (χ4n) is 2.58. The van der Waals surface area contributed by atoms with Crippen molar-refractivity contribution < 1.29 is 9.84 Å². The zero-order valence-corrected chi connectivity index (χ0v) is 11.2. The Labute approximate surface area is 113 Å². The molecule has 0 amide bonds. The van der Waals surface area contributed by atoms with Crippen LogP contribution in [0.1, 0.15) is 37.4 Å². The lowest BCUT2D eigenvalue weighted by atomic mass is 10.1. The summed E-state index contributed by atoms with van der Waals surface area (Å²) in [7, 11) is 0. The van der Waals surface area contributed by atoms with Gasteiger partial charge < -0.3 is 14.7 Å². The van der Waals surface area contributed by atoms with Gasteiger partial charge in [-0.15, -0.1) is 0 Å². The first-order valence-electron chi connectivity index (χ1n) is 7.17. The quantitative estimate of drug-likeness (QED) is 0.868. The highest BCUT2D eigenvalue weighted by Gasteiger charge is 2.28. The lowest BCUT2D eigenvalue weighted by Gasteiger charge is -2.33. The zero-order chi connectivity index (χ0) is 13.1. The lowest BCUT2D eigenvalue weighted by Crippen LogP contribution is -2.40. The van der Waals surface area contributed by atoms with Gasteiger partial charge in [0.15, 0.2) is 0 Å². The van der Waals surface area contributed by atoms with Crippen LogP contribution in [0.15, 0.2) is 12.3 Å². The highest BCUT2D eigenvalue weighted by Crippen LogP contribution is 2.38. The van der Waals surface area contributed by atoms with E-state index in [9.17, 15) is 0 Å². The van der Waals surface area contributed by atoms with Crippen molar-refractivity contribution in [2.75, 3.05) is 31.2 Å². The highest BCUT2D eigenvalue weighted by atomic mass is 16.5. The summed E-state index contributed by atoms with van der Waals surface area (Å²) in [5.41, 5.74) is 0. The van der Waals surface area contributed by atoms with Gasteiger partial charge in [0, 0.05) is 25.2 Å². The minimum absolute atomic E-state index is 0.0931. The first-order chi connectivity index (χ1) is 9.36. The van der Waals surface area contributed by atoms with Gasteiger partial charge in [-0.3, -0.25) is 0 Å². The minimum Gasteiger partial charge on any atom is -0.394 e. The molecule has 5 heteroatoms. The fraction of sp³-hybridized carbons (Fsp3) is 0.714. The summed E-state index contributed by atoms with van der Waals surface area (Å²) in [4.78, 5) is 11.3. The van der Waals surface area contributed by atoms with Crippen molar-refractivity contribution in [2.45, 2.75) is 37.7 Å². The molecule has 1 aliphatic carbocycles. The van der Waals surface area contributed by atoms with Gasteiger partial charge in [0.2, 0.25) is 0 Å². The van der Waals surface area contributed by atoms with E-state index in [1.54, 1.807) is 0 Å². The monoisotopic (exact) mass is 263 g/mol. The molecular weight excluding hydrogens is 242 g/mol. The van der Waals surface area contributed by atoms with Crippen molar-refractivity contribution in [3.63, 3.8) is 0 Å². The molecule has 1 unspecified atom stereocenters. The second kappa shape index (κ2) is 5.84. The van der Waals surface area contributed by atoms with Crippen molar-refractivity contribution in [1.29, 1.82) is 0 Å². The topological polar surface area (TPSA) is 58.5 Å². The molecular formula is C14H21N3O2. The number of nitrogens with zero attached hydrogens (tertiary/aromatic N) is 3. The molecule has 1 saturated carbocycles. The van der Waals surface area contributed by atoms with Crippen LogP contribution in [0.4, 0.5) is 5.82 Å². The van der Waals surface area contributed by atoms with E-state index in [-0.39, 0.29) is 12.7 Å². The Hall–Kier alpha value is -1.20. The number of ether oxygens (including phenoxy) is 1. The molecule has 1 N–H and O–H groups in total. The number of hydrogen-bond donors (Lipinski definition) is 1. The fourth-order valence-corrected chi connectivity index (χ4v) is 2.58. The Bertz CT molecular complexity index is 423. The molecule has 104 valence electrons. The van der Waals surface area contributed by atoms with Crippen LogP contribution in [-0.4, -0.2) is 47.5 Å². The molecule has 1 aromatic rings. The van der Waals surface area contributed by atoms with E-state index in [1.165, 1.54) is 12.8 Å². The Balaban J connectivity index is 1.65. The number of piperidine rings is 1. The maximum Gasteiger partial charge on any atom is 0.133 e. The van der Waals surface area contributed by atoms with Crippen molar-refractivity contribution >= 4 is 5.82 Å². The van der Waals surface area contributed by atoms with Crippen LogP contribution in [0.25, 0.3) is 0 Å². The molecule has 0 bridgehead atoms. The normalized spacial score (nSPS) is 23.6. The predicted octanol–water partition coefficient (Wildman–Crippen LogP) is 1.33. The molecule has 1 saturated heterocycles. The molecule has 0 spiro atoms. The SMILES string of the molecule is OCCOC1CCCN(c2ccnc(C3CC3)n2)C1. The van der Waals surface area contributed by atoms with Crippen LogP contribution in [0, 0.1) is 0 Å². The largest absolute Gasteiger partial charge is 0.394 e. The van der Waals surface area contributed by atoms with Crippen molar-refractivity contribution in [1.82, 2.24) is 9.97 Å². The molecule has 0 aromatic carbocycles. The summed E-state index contributed by atoms with van der Waals surface area (Å²) in [5.74, 6) is 2.61. The lowest BCUT2D eigenvalue weighted by molar-refractivity contribution is 0.0213. The predicted molar refractivity (Wildman–Crippen MR) is 72.3 cm³/mol. The van der Waals surface area contributed by atoms with Crippen LogP contribution in [0.5, 0.6) is 0 Å². The van der Waals surface area contributed by atoms with E-state index < -0.39 is 0 Å². The molecule has 1 atom stereocenters.